The predicted molar refractivity (Wildman–Crippen MR) is 88.7 cm³/mol. The summed E-state index contributed by atoms with van der Waals surface area (Å²) in [7, 11) is 1.34. The lowest BCUT2D eigenvalue weighted by atomic mass is 10.0. The van der Waals surface area contributed by atoms with Gasteiger partial charge in [0.05, 0.1) is 13.7 Å². The van der Waals surface area contributed by atoms with Crippen LogP contribution in [0.15, 0.2) is 30.4 Å². The molecular formula is C17H18ClNO4. The fraction of sp³-hybridized carbons (Fsp3) is 0.294. The molecule has 0 bridgehead atoms. The van der Waals surface area contributed by atoms with Crippen molar-refractivity contribution in [1.82, 2.24) is 4.98 Å². The van der Waals surface area contributed by atoms with Crippen LogP contribution in [0, 0.1) is 0 Å². The maximum Gasteiger partial charge on any atom is 0.354 e. The summed E-state index contributed by atoms with van der Waals surface area (Å²) in [4.78, 5) is 25.9. The van der Waals surface area contributed by atoms with Crippen LogP contribution in [0.1, 0.15) is 29.4 Å². The summed E-state index contributed by atoms with van der Waals surface area (Å²) >= 11 is 6.12. The van der Waals surface area contributed by atoms with E-state index in [0.717, 1.165) is 16.5 Å². The van der Waals surface area contributed by atoms with E-state index in [2.05, 4.69) is 4.98 Å². The van der Waals surface area contributed by atoms with E-state index in [1.54, 1.807) is 25.1 Å². The molecule has 1 aromatic carbocycles. The second-order valence-electron chi connectivity index (χ2n) is 4.89. The summed E-state index contributed by atoms with van der Waals surface area (Å²) in [6, 6.07) is 5.38. The molecule has 1 N–H and O–H groups in total. The Bertz CT molecular complexity index is 748. The molecule has 0 saturated carbocycles. The monoisotopic (exact) mass is 335 g/mol. The third-order valence-corrected chi connectivity index (χ3v) is 3.53. The number of methoxy groups -OCH3 is 1. The molecule has 0 saturated heterocycles. The summed E-state index contributed by atoms with van der Waals surface area (Å²) in [6.45, 7) is 2.12. The van der Waals surface area contributed by atoms with E-state index in [1.165, 1.54) is 13.2 Å². The van der Waals surface area contributed by atoms with Crippen LogP contribution in [-0.4, -0.2) is 30.6 Å². The maximum atomic E-state index is 11.6. The second-order valence-corrected chi connectivity index (χ2v) is 5.33. The Kier molecular flexibility index (Phi) is 5.82. The Morgan fingerprint density at radius 3 is 2.78 bits per heavy atom. The molecule has 0 atom stereocenters. The minimum Gasteiger partial charge on any atom is -0.464 e. The van der Waals surface area contributed by atoms with E-state index in [-0.39, 0.29) is 5.97 Å². The van der Waals surface area contributed by atoms with Crippen LogP contribution in [0.4, 0.5) is 0 Å². The van der Waals surface area contributed by atoms with Gasteiger partial charge >= 0.3 is 11.9 Å². The first-order valence-corrected chi connectivity index (χ1v) is 7.65. The molecule has 1 aromatic heterocycles. The first-order chi connectivity index (χ1) is 11.0. The highest BCUT2D eigenvalue weighted by Crippen LogP contribution is 2.26. The van der Waals surface area contributed by atoms with E-state index in [4.69, 9.17) is 21.1 Å². The van der Waals surface area contributed by atoms with Gasteiger partial charge in [0.15, 0.2) is 0 Å². The van der Waals surface area contributed by atoms with E-state index < -0.39 is 5.97 Å². The number of aromatic nitrogens is 1. The molecular weight excluding hydrogens is 318 g/mol. The van der Waals surface area contributed by atoms with Crippen LogP contribution in [-0.2, 0) is 20.7 Å². The van der Waals surface area contributed by atoms with Crippen molar-refractivity contribution in [3.63, 3.8) is 0 Å². The number of benzene rings is 1. The molecule has 0 aliphatic heterocycles. The Labute approximate surface area is 139 Å². The average Bonchev–Trinajstić information content (AvgIpc) is 2.94. The van der Waals surface area contributed by atoms with E-state index >= 15 is 0 Å². The van der Waals surface area contributed by atoms with Gasteiger partial charge in [0.2, 0.25) is 0 Å². The van der Waals surface area contributed by atoms with E-state index in [9.17, 15) is 9.59 Å². The highest BCUT2D eigenvalue weighted by Gasteiger charge is 2.12. The van der Waals surface area contributed by atoms with Gasteiger partial charge in [-0.1, -0.05) is 17.7 Å². The Balaban J connectivity index is 2.18. The van der Waals surface area contributed by atoms with Gasteiger partial charge in [-0.3, -0.25) is 0 Å². The van der Waals surface area contributed by atoms with Gasteiger partial charge in [0, 0.05) is 22.0 Å². The minimum atomic E-state index is -0.425. The topological polar surface area (TPSA) is 68.4 Å². The van der Waals surface area contributed by atoms with Crippen molar-refractivity contribution in [1.29, 1.82) is 0 Å². The van der Waals surface area contributed by atoms with Crippen LogP contribution in [0.2, 0.25) is 5.02 Å². The number of allylic oxidation sites excluding steroid dienone is 1. The van der Waals surface area contributed by atoms with Crippen molar-refractivity contribution in [3.05, 3.63) is 46.6 Å². The van der Waals surface area contributed by atoms with Gasteiger partial charge in [-0.2, -0.15) is 0 Å². The standard InChI is InChI=1S/C17H18ClNO4/c1-3-23-16(20)7-5-4-6-11-8-12(18)9-14-13(11)10-15(19-14)17(21)22-2/h5,7-10,19H,3-4,6H2,1-2H3/b7-5+. The molecule has 23 heavy (non-hydrogen) atoms. The van der Waals surface area contributed by atoms with Crippen LogP contribution < -0.4 is 0 Å². The van der Waals surface area contributed by atoms with Crippen molar-refractivity contribution in [2.24, 2.45) is 0 Å². The molecule has 0 aliphatic carbocycles. The first kappa shape index (κ1) is 17.1. The van der Waals surface area contributed by atoms with Gasteiger partial charge in [-0.15, -0.1) is 0 Å². The zero-order valence-corrected chi connectivity index (χ0v) is 13.8. The summed E-state index contributed by atoms with van der Waals surface area (Å²) in [5.41, 5.74) is 2.16. The SMILES string of the molecule is CCOC(=O)/C=C/CCc1cc(Cl)cc2[nH]c(C(=O)OC)cc12. The van der Waals surface area contributed by atoms with Crippen LogP contribution >= 0.6 is 11.6 Å². The number of halogens is 1. The highest BCUT2D eigenvalue weighted by atomic mass is 35.5. The summed E-state index contributed by atoms with van der Waals surface area (Å²) in [6.07, 6.45) is 4.53. The number of carbonyl (C=O) groups is 2. The van der Waals surface area contributed by atoms with Gasteiger partial charge in [-0.05, 0) is 43.5 Å². The third kappa shape index (κ3) is 4.36. The molecule has 2 rings (SSSR count). The zero-order valence-electron chi connectivity index (χ0n) is 13.0. The quantitative estimate of drug-likeness (QED) is 0.646. The van der Waals surface area contributed by atoms with Crippen LogP contribution in [0.25, 0.3) is 10.9 Å². The Morgan fingerprint density at radius 1 is 1.30 bits per heavy atom. The van der Waals surface area contributed by atoms with Gasteiger partial charge < -0.3 is 14.5 Å². The maximum absolute atomic E-state index is 11.6. The van der Waals surface area contributed by atoms with Gasteiger partial charge in [0.1, 0.15) is 5.69 Å². The number of ether oxygens (including phenoxy) is 2. The molecule has 0 aliphatic rings. The first-order valence-electron chi connectivity index (χ1n) is 7.28. The van der Waals surface area contributed by atoms with Crippen molar-refractivity contribution in [2.45, 2.75) is 19.8 Å². The van der Waals surface area contributed by atoms with Crippen molar-refractivity contribution in [2.75, 3.05) is 13.7 Å². The second kappa shape index (κ2) is 7.83. The molecule has 0 fully saturated rings. The average molecular weight is 336 g/mol. The van der Waals surface area contributed by atoms with Gasteiger partial charge in [0.25, 0.3) is 0 Å². The lowest BCUT2D eigenvalue weighted by molar-refractivity contribution is -0.137. The molecule has 0 spiro atoms. The fourth-order valence-electron chi connectivity index (χ4n) is 2.31. The molecule has 2 aromatic rings. The molecule has 6 heteroatoms. The number of aromatic amines is 1. The smallest absolute Gasteiger partial charge is 0.354 e. The number of hydrogen-bond acceptors (Lipinski definition) is 4. The fourth-order valence-corrected chi connectivity index (χ4v) is 2.55. The highest BCUT2D eigenvalue weighted by molar-refractivity contribution is 6.31. The number of H-pyrrole nitrogens is 1. The number of aryl methyl sites for hydroxylation is 1. The molecule has 0 radical (unpaired) electrons. The normalized spacial score (nSPS) is 11.1. The van der Waals surface area contributed by atoms with Crippen molar-refractivity contribution < 1.29 is 19.1 Å². The largest absolute Gasteiger partial charge is 0.464 e. The molecule has 0 amide bonds. The third-order valence-electron chi connectivity index (χ3n) is 3.31. The Morgan fingerprint density at radius 2 is 2.09 bits per heavy atom. The lowest BCUT2D eigenvalue weighted by Crippen LogP contribution is -2.00. The number of fused-ring (bicyclic) bond motifs is 1. The number of hydrogen-bond donors (Lipinski definition) is 1. The van der Waals surface area contributed by atoms with E-state index in [1.807, 2.05) is 6.07 Å². The summed E-state index contributed by atoms with van der Waals surface area (Å²) in [5, 5.41) is 1.50. The minimum absolute atomic E-state index is 0.349. The van der Waals surface area contributed by atoms with Crippen LogP contribution in [0.5, 0.6) is 0 Å². The zero-order chi connectivity index (χ0) is 16.8. The van der Waals surface area contributed by atoms with E-state index in [0.29, 0.717) is 30.2 Å². The number of nitrogens with one attached hydrogen (secondary N) is 1. The number of esters is 2. The lowest BCUT2D eigenvalue weighted by Gasteiger charge is -2.02. The summed E-state index contributed by atoms with van der Waals surface area (Å²) < 4.78 is 9.54. The Hall–Kier alpha value is -2.27. The van der Waals surface area contributed by atoms with Crippen molar-refractivity contribution >= 4 is 34.4 Å². The molecule has 0 unspecified atom stereocenters. The van der Waals surface area contributed by atoms with Crippen LogP contribution in [0.3, 0.4) is 0 Å². The number of rotatable bonds is 6. The van der Waals surface area contributed by atoms with Crippen molar-refractivity contribution in [3.8, 4) is 0 Å². The molecule has 122 valence electrons. The predicted octanol–water partition coefficient (Wildman–Crippen LogP) is 3.66. The molecule has 5 nitrogen and oxygen atoms in total. The summed E-state index contributed by atoms with van der Waals surface area (Å²) in [5.74, 6) is -0.774. The molecule has 1 heterocycles. The number of carbonyl (C=O) groups excluding carboxylic acids is 2. The van der Waals surface area contributed by atoms with Gasteiger partial charge in [-0.25, -0.2) is 9.59 Å².